The van der Waals surface area contributed by atoms with Crippen LogP contribution in [-0.2, 0) is 52.2 Å². The Balaban J connectivity index is 8.10. The van der Waals surface area contributed by atoms with Crippen LogP contribution in [0.5, 0.6) is 0 Å². The van der Waals surface area contributed by atoms with Crippen LogP contribution in [0.1, 0.15) is 61.3 Å². The lowest BCUT2D eigenvalue weighted by molar-refractivity contribution is -0.565. The largest absolute Gasteiger partial charge is 0.481 e. The van der Waals surface area contributed by atoms with Gasteiger partial charge in [0.15, 0.2) is 0 Å². The Kier molecular flexibility index (Phi) is 18.1. The lowest BCUT2D eigenvalue weighted by Gasteiger charge is -2.57. The smallest absolute Gasteiger partial charge is 0.357 e. The summed E-state index contributed by atoms with van der Waals surface area (Å²) in [4.78, 5) is 25.6. The van der Waals surface area contributed by atoms with Crippen molar-refractivity contribution in [3.63, 3.8) is 0 Å². The van der Waals surface area contributed by atoms with Crippen LogP contribution >= 0.6 is 0 Å². The van der Waals surface area contributed by atoms with Crippen molar-refractivity contribution in [1.82, 2.24) is 4.90 Å². The summed E-state index contributed by atoms with van der Waals surface area (Å²) in [7, 11) is 2.51. The van der Waals surface area contributed by atoms with E-state index in [9.17, 15) is 19.8 Å². The normalized spacial score (nSPS) is 16.3. The van der Waals surface area contributed by atoms with Gasteiger partial charge in [0.05, 0.1) is 0 Å². The fourth-order valence-corrected chi connectivity index (χ4v) is 4.28. The average Bonchev–Trinajstić information content (AvgIpc) is 2.89. The number of aliphatic carboxylic acids is 2. The van der Waals surface area contributed by atoms with E-state index in [1.54, 1.807) is 48.5 Å². The van der Waals surface area contributed by atoms with Gasteiger partial charge in [0.25, 0.3) is 5.91 Å². The molecule has 2 N–H and O–H groups in total. The third kappa shape index (κ3) is 8.76. The topological polar surface area (TPSA) is 161 Å². The zero-order chi connectivity index (χ0) is 30.1. The van der Waals surface area contributed by atoms with Crippen LogP contribution in [0.4, 0.5) is 0 Å². The number of nitrogens with zero attached hydrogens (tertiary/aromatic N) is 1. The third-order valence-corrected chi connectivity index (χ3v) is 5.47. The monoisotopic (exact) mass is 571 g/mol. The molecule has 0 spiro atoms. The highest BCUT2D eigenvalue weighted by molar-refractivity contribution is 5.75. The highest BCUT2D eigenvalue weighted by atomic mass is 16.9. The van der Waals surface area contributed by atoms with Crippen LogP contribution in [0.15, 0.2) is 0 Å². The minimum atomic E-state index is -2.39. The van der Waals surface area contributed by atoms with E-state index in [-0.39, 0.29) is 46.2 Å². The number of hydrogen-bond acceptors (Lipinski definition) is 12. The molecule has 0 aromatic heterocycles. The van der Waals surface area contributed by atoms with Crippen molar-refractivity contribution in [1.29, 1.82) is 0 Å². The number of carboxylic acids is 2. The average molecular weight is 572 g/mol. The molecular formula is C25H49NO13. The molecule has 0 aromatic rings. The predicted octanol–water partition coefficient (Wildman–Crippen LogP) is 2.44. The first-order chi connectivity index (χ1) is 18.6. The van der Waals surface area contributed by atoms with E-state index in [1.807, 2.05) is 0 Å². The number of carboxylic acid groups (broad SMARTS) is 2. The minimum absolute atomic E-state index is 0.0217. The summed E-state index contributed by atoms with van der Waals surface area (Å²) < 4.78 is 54.2. The zero-order valence-electron chi connectivity index (χ0n) is 24.9. The molecular weight excluding hydrogens is 522 g/mol. The van der Waals surface area contributed by atoms with Gasteiger partial charge in [-0.1, -0.05) is 0 Å². The molecule has 0 aliphatic rings. The molecule has 0 heterocycles. The summed E-state index contributed by atoms with van der Waals surface area (Å²) in [6.07, 6.45) is -2.36. The second-order valence-corrected chi connectivity index (χ2v) is 7.74. The third-order valence-electron chi connectivity index (χ3n) is 5.47. The number of hydrogen-bond donors (Lipinski definition) is 2. The van der Waals surface area contributed by atoms with Crippen LogP contribution in [-0.4, -0.2) is 118 Å². The summed E-state index contributed by atoms with van der Waals surface area (Å²) in [6, 6.07) is -1.71. The van der Waals surface area contributed by atoms with Gasteiger partial charge in [-0.15, -0.1) is 0 Å². The maximum Gasteiger partial charge on any atom is 0.357 e. The van der Waals surface area contributed by atoms with Gasteiger partial charge in [0, 0.05) is 66.9 Å². The Bertz CT molecular complexity index is 674. The molecule has 232 valence electrons. The lowest BCUT2D eigenvalue weighted by Crippen LogP contribution is -2.80. The Morgan fingerprint density at radius 3 is 1.46 bits per heavy atom. The molecule has 14 heteroatoms. The minimum Gasteiger partial charge on any atom is -0.481 e. The molecule has 0 saturated heterocycles. The van der Waals surface area contributed by atoms with Crippen LogP contribution in [0.2, 0.25) is 0 Å². The standard InChI is InChI=1S/C25H49NO13/c1-10-33-22(34-11-2)23(31-8,35-12-3)26(19(21(29)30)17-18-20(27)28)24(32-9,36-13-4)25(37-14-5,38-15-6)39-16-7/h19,22H,10-18H2,1-9H3,(H,27,28)(H,29,30). The maximum absolute atomic E-state index is 13.0. The Hall–Kier alpha value is -1.46. The van der Waals surface area contributed by atoms with Crippen molar-refractivity contribution in [2.45, 2.75) is 91.4 Å². The zero-order valence-corrected chi connectivity index (χ0v) is 24.9. The molecule has 3 unspecified atom stereocenters. The summed E-state index contributed by atoms with van der Waals surface area (Å²) >= 11 is 0. The molecule has 0 aliphatic carbocycles. The number of carbonyl (C=O) groups is 2. The second-order valence-electron chi connectivity index (χ2n) is 7.74. The first kappa shape index (κ1) is 37.5. The first-order valence-electron chi connectivity index (χ1n) is 13.3. The van der Waals surface area contributed by atoms with E-state index >= 15 is 0 Å². The molecule has 0 saturated carbocycles. The summed E-state index contributed by atoms with van der Waals surface area (Å²) in [6.45, 7) is 12.0. The molecule has 0 fully saturated rings. The van der Waals surface area contributed by atoms with E-state index in [4.69, 9.17) is 42.6 Å². The lowest BCUT2D eigenvalue weighted by atomic mass is 10.1. The van der Waals surface area contributed by atoms with Crippen LogP contribution in [0.25, 0.3) is 0 Å². The number of ether oxygens (including phenoxy) is 9. The van der Waals surface area contributed by atoms with E-state index in [2.05, 4.69) is 0 Å². The molecule has 0 radical (unpaired) electrons. The predicted molar refractivity (Wildman–Crippen MR) is 138 cm³/mol. The maximum atomic E-state index is 13.0. The van der Waals surface area contributed by atoms with Gasteiger partial charge in [0.2, 0.25) is 6.29 Å². The van der Waals surface area contributed by atoms with Gasteiger partial charge >= 0.3 is 23.8 Å². The van der Waals surface area contributed by atoms with E-state index < -0.39 is 54.9 Å². The highest BCUT2D eigenvalue weighted by Gasteiger charge is 2.71. The molecule has 0 bridgehead atoms. The number of rotatable bonds is 25. The van der Waals surface area contributed by atoms with Gasteiger partial charge in [-0.25, -0.2) is 0 Å². The van der Waals surface area contributed by atoms with Gasteiger partial charge < -0.3 is 52.8 Å². The summed E-state index contributed by atoms with van der Waals surface area (Å²) in [5.74, 6) is -9.50. The fraction of sp³-hybridized carbons (Fsp3) is 0.920. The van der Waals surface area contributed by atoms with Gasteiger partial charge in [-0.2, -0.15) is 4.90 Å². The van der Waals surface area contributed by atoms with Gasteiger partial charge in [-0.3, -0.25) is 9.59 Å². The van der Waals surface area contributed by atoms with Gasteiger partial charge in [0.1, 0.15) is 6.04 Å². The summed E-state index contributed by atoms with van der Waals surface area (Å²) in [5, 5.41) is 20.0. The van der Waals surface area contributed by atoms with Crippen LogP contribution in [0.3, 0.4) is 0 Å². The Labute approximate surface area is 231 Å². The van der Waals surface area contributed by atoms with Crippen molar-refractivity contribution in [2.75, 3.05) is 60.5 Å². The van der Waals surface area contributed by atoms with E-state index in [0.29, 0.717) is 0 Å². The van der Waals surface area contributed by atoms with Crippen molar-refractivity contribution >= 4 is 11.9 Å². The Morgan fingerprint density at radius 1 is 0.692 bits per heavy atom. The van der Waals surface area contributed by atoms with Crippen molar-refractivity contribution < 1.29 is 62.4 Å². The van der Waals surface area contributed by atoms with Crippen molar-refractivity contribution in [3.8, 4) is 0 Å². The van der Waals surface area contributed by atoms with E-state index in [0.717, 1.165) is 4.90 Å². The van der Waals surface area contributed by atoms with Crippen LogP contribution in [0, 0.1) is 0 Å². The Morgan fingerprint density at radius 2 is 1.15 bits per heavy atom. The van der Waals surface area contributed by atoms with Crippen LogP contribution < -0.4 is 0 Å². The summed E-state index contributed by atoms with van der Waals surface area (Å²) in [5.41, 5.74) is 0. The molecule has 14 nitrogen and oxygen atoms in total. The van der Waals surface area contributed by atoms with Crippen molar-refractivity contribution in [3.05, 3.63) is 0 Å². The molecule has 0 aromatic carbocycles. The first-order valence-corrected chi connectivity index (χ1v) is 13.3. The van der Waals surface area contributed by atoms with Gasteiger partial charge in [-0.05, 0) is 54.9 Å². The quantitative estimate of drug-likeness (QED) is 0.154. The fourth-order valence-electron chi connectivity index (χ4n) is 4.28. The second kappa shape index (κ2) is 18.8. The van der Waals surface area contributed by atoms with Crippen molar-refractivity contribution in [2.24, 2.45) is 0 Å². The highest BCUT2D eigenvalue weighted by Crippen LogP contribution is 2.45. The molecule has 0 amide bonds. The van der Waals surface area contributed by atoms with E-state index in [1.165, 1.54) is 14.2 Å². The molecule has 0 rings (SSSR count). The SMILES string of the molecule is CCOC(OCC)C(OC)(OCC)N(C(CCC(=O)O)C(=O)O)C(OC)(OCC)C(OCC)(OCC)OCC. The molecule has 39 heavy (non-hydrogen) atoms. The molecule has 0 aliphatic heterocycles. The number of methoxy groups -OCH3 is 2. The molecule has 3 atom stereocenters.